The third-order valence-electron chi connectivity index (χ3n) is 2.50. The fourth-order valence-electron chi connectivity index (χ4n) is 1.90. The molecule has 0 aliphatic rings. The van der Waals surface area contributed by atoms with Crippen LogP contribution in [0.4, 0.5) is 0 Å². The summed E-state index contributed by atoms with van der Waals surface area (Å²) in [7, 11) is 3.47. The first kappa shape index (κ1) is 10.6. The van der Waals surface area contributed by atoms with Gasteiger partial charge in [-0.3, -0.25) is 14.3 Å². The highest BCUT2D eigenvalue weighted by atomic mass is 16.3. The lowest BCUT2D eigenvalue weighted by Crippen LogP contribution is -2.38. The molecule has 0 aliphatic carbocycles. The molecule has 0 saturated heterocycles. The van der Waals surface area contributed by atoms with Crippen LogP contribution in [0.1, 0.15) is 0 Å². The molecule has 0 spiro atoms. The van der Waals surface area contributed by atoms with E-state index < -0.39 is 11.2 Å². The Morgan fingerprint density at radius 2 is 2.19 bits per heavy atom. The van der Waals surface area contributed by atoms with Crippen LogP contribution in [0, 0.1) is 0 Å². The molecule has 0 saturated carbocycles. The van der Waals surface area contributed by atoms with Gasteiger partial charge < -0.3 is 5.11 Å². The highest BCUT2D eigenvalue weighted by Gasteiger charge is 2.20. The Morgan fingerprint density at radius 3 is 2.81 bits per heavy atom. The van der Waals surface area contributed by atoms with Crippen LogP contribution in [0.3, 0.4) is 0 Å². The number of nitrogens with one attached hydrogen (secondary N) is 1. The average molecular weight is 225 g/mol. The second-order valence-electron chi connectivity index (χ2n) is 3.64. The van der Waals surface area contributed by atoms with E-state index in [-0.39, 0.29) is 13.2 Å². The van der Waals surface area contributed by atoms with Gasteiger partial charge in [0.2, 0.25) is 5.52 Å². The first-order chi connectivity index (χ1) is 7.56. The number of fused-ring (bicyclic) bond motifs is 1. The van der Waals surface area contributed by atoms with Crippen LogP contribution < -0.4 is 15.8 Å². The van der Waals surface area contributed by atoms with Gasteiger partial charge in [-0.05, 0) is 0 Å². The van der Waals surface area contributed by atoms with E-state index in [1.54, 1.807) is 29.6 Å². The number of aliphatic hydroxyl groups is 1. The largest absolute Gasteiger partial charge is 0.393 e. The Bertz CT molecular complexity index is 649. The molecule has 0 atom stereocenters. The molecule has 2 N–H and O–H groups in total. The lowest BCUT2D eigenvalue weighted by molar-refractivity contribution is -0.648. The van der Waals surface area contributed by atoms with Crippen LogP contribution in [0.25, 0.3) is 11.2 Å². The van der Waals surface area contributed by atoms with E-state index >= 15 is 0 Å². The molecule has 7 nitrogen and oxygen atoms in total. The van der Waals surface area contributed by atoms with Gasteiger partial charge in [0.05, 0.1) is 27.2 Å². The quantitative estimate of drug-likeness (QED) is 0.571. The van der Waals surface area contributed by atoms with Crippen LogP contribution in [-0.4, -0.2) is 25.8 Å². The molecule has 0 unspecified atom stereocenters. The topological polar surface area (TPSA) is 83.9 Å². The number of nitrogens with zero attached hydrogens (tertiary/aromatic N) is 3. The zero-order valence-corrected chi connectivity index (χ0v) is 9.10. The molecule has 7 heteroatoms. The van der Waals surface area contributed by atoms with E-state index in [1.807, 2.05) is 0 Å². The Morgan fingerprint density at radius 1 is 1.50 bits per heavy atom. The van der Waals surface area contributed by atoms with Crippen molar-refractivity contribution >= 4 is 11.2 Å². The van der Waals surface area contributed by atoms with Crippen molar-refractivity contribution in [2.75, 3.05) is 6.61 Å². The van der Waals surface area contributed by atoms with Crippen molar-refractivity contribution in [3.63, 3.8) is 0 Å². The van der Waals surface area contributed by atoms with Crippen molar-refractivity contribution in [3.8, 4) is 0 Å². The van der Waals surface area contributed by atoms with E-state index in [4.69, 9.17) is 5.11 Å². The predicted octanol–water partition coefficient (Wildman–Crippen LogP) is -2.15. The lowest BCUT2D eigenvalue weighted by Gasteiger charge is -1.99. The number of aromatic amines is 1. The van der Waals surface area contributed by atoms with Crippen molar-refractivity contribution in [3.05, 3.63) is 27.2 Å². The fraction of sp³-hybridized carbons (Fsp3) is 0.444. The summed E-state index contributed by atoms with van der Waals surface area (Å²) >= 11 is 0. The van der Waals surface area contributed by atoms with Crippen LogP contribution in [0.2, 0.25) is 0 Å². The molecule has 0 radical (unpaired) electrons. The van der Waals surface area contributed by atoms with E-state index in [1.165, 1.54) is 4.57 Å². The van der Waals surface area contributed by atoms with E-state index in [0.29, 0.717) is 11.2 Å². The zero-order valence-electron chi connectivity index (χ0n) is 9.10. The van der Waals surface area contributed by atoms with Crippen LogP contribution in [-0.2, 0) is 20.6 Å². The summed E-state index contributed by atoms with van der Waals surface area (Å²) in [4.78, 5) is 25.4. The van der Waals surface area contributed by atoms with Gasteiger partial charge in [-0.2, -0.15) is 0 Å². The maximum Gasteiger partial charge on any atom is 0.386 e. The number of hydrogen-bond donors (Lipinski definition) is 2. The summed E-state index contributed by atoms with van der Waals surface area (Å²) < 4.78 is 4.67. The SMILES string of the molecule is Cn1c[n+](C)c2c1c(=O)[nH]c(=O)n2CCO. The highest BCUT2D eigenvalue weighted by molar-refractivity contribution is 5.66. The summed E-state index contributed by atoms with van der Waals surface area (Å²) in [5, 5.41) is 8.90. The molecule has 0 aliphatic heterocycles. The van der Waals surface area contributed by atoms with Gasteiger partial charge in [0, 0.05) is 0 Å². The van der Waals surface area contributed by atoms with Gasteiger partial charge >= 0.3 is 5.69 Å². The second-order valence-corrected chi connectivity index (χ2v) is 3.64. The molecule has 2 aromatic rings. The summed E-state index contributed by atoms with van der Waals surface area (Å²) in [6.45, 7) is -0.0000879. The highest BCUT2D eigenvalue weighted by Crippen LogP contribution is 2.00. The number of aliphatic hydroxyl groups excluding tert-OH is 1. The number of rotatable bonds is 2. The average Bonchev–Trinajstić information content (AvgIpc) is 2.49. The Balaban J connectivity index is 2.99. The molecule has 86 valence electrons. The zero-order chi connectivity index (χ0) is 11.9. The van der Waals surface area contributed by atoms with Crippen LogP contribution >= 0.6 is 0 Å². The van der Waals surface area contributed by atoms with Crippen molar-refractivity contribution in [2.24, 2.45) is 14.1 Å². The summed E-state index contributed by atoms with van der Waals surface area (Å²) in [6.07, 6.45) is 1.70. The van der Waals surface area contributed by atoms with Gasteiger partial charge in [-0.15, -0.1) is 0 Å². The Hall–Kier alpha value is -1.89. The van der Waals surface area contributed by atoms with Crippen molar-refractivity contribution < 1.29 is 9.67 Å². The summed E-state index contributed by atoms with van der Waals surface area (Å²) in [5.74, 6) is 0. The molecule has 2 rings (SSSR count). The molecule has 0 fully saturated rings. The van der Waals surface area contributed by atoms with Gasteiger partial charge in [-0.25, -0.2) is 13.9 Å². The summed E-state index contributed by atoms with van der Waals surface area (Å²) in [6, 6.07) is 0. The molecule has 0 aromatic carbocycles. The van der Waals surface area contributed by atoms with Gasteiger partial charge in [0.15, 0.2) is 6.33 Å². The minimum absolute atomic E-state index is 0.157. The number of imidazole rings is 1. The number of aromatic nitrogens is 4. The van der Waals surface area contributed by atoms with E-state index in [0.717, 1.165) is 0 Å². The third-order valence-corrected chi connectivity index (χ3v) is 2.50. The van der Waals surface area contributed by atoms with Gasteiger partial charge in [-0.1, -0.05) is 0 Å². The molecular weight excluding hydrogens is 212 g/mol. The number of hydrogen-bond acceptors (Lipinski definition) is 3. The normalized spacial score (nSPS) is 11.2. The Kier molecular flexibility index (Phi) is 2.39. The van der Waals surface area contributed by atoms with E-state index in [2.05, 4.69) is 4.98 Å². The monoisotopic (exact) mass is 225 g/mol. The summed E-state index contributed by atoms with van der Waals surface area (Å²) in [5.41, 5.74) is -0.00788. The fourth-order valence-corrected chi connectivity index (χ4v) is 1.90. The van der Waals surface area contributed by atoms with E-state index in [9.17, 15) is 9.59 Å². The third kappa shape index (κ3) is 1.36. The van der Waals surface area contributed by atoms with Crippen LogP contribution in [0.15, 0.2) is 15.9 Å². The smallest absolute Gasteiger partial charge is 0.386 e. The molecule has 0 amide bonds. The van der Waals surface area contributed by atoms with Gasteiger partial charge in [0.25, 0.3) is 11.2 Å². The molecule has 2 aromatic heterocycles. The van der Waals surface area contributed by atoms with Crippen LogP contribution in [0.5, 0.6) is 0 Å². The molecule has 2 heterocycles. The predicted molar refractivity (Wildman–Crippen MR) is 56.1 cm³/mol. The number of aryl methyl sites for hydroxylation is 2. The maximum absolute atomic E-state index is 11.6. The lowest BCUT2D eigenvalue weighted by atomic mass is 10.5. The standard InChI is InChI=1S/C9H12N4O3/c1-11-5-12(2)8-6(11)7(15)10-9(16)13(8)3-4-14/h5,14H,3-4H2,1-2H3/p+1. The van der Waals surface area contributed by atoms with Crippen molar-refractivity contribution in [1.29, 1.82) is 0 Å². The van der Waals surface area contributed by atoms with Crippen molar-refractivity contribution in [1.82, 2.24) is 14.1 Å². The van der Waals surface area contributed by atoms with Gasteiger partial charge in [0.1, 0.15) is 0 Å². The minimum Gasteiger partial charge on any atom is -0.393 e. The number of H-pyrrole nitrogens is 1. The van der Waals surface area contributed by atoms with Crippen molar-refractivity contribution in [2.45, 2.75) is 6.54 Å². The second kappa shape index (κ2) is 3.60. The molecule has 16 heavy (non-hydrogen) atoms. The molecular formula is C9H13N4O3+. The Labute approximate surface area is 90.2 Å². The first-order valence-electron chi connectivity index (χ1n) is 4.85. The maximum atomic E-state index is 11.6. The minimum atomic E-state index is -0.506. The first-order valence-corrected chi connectivity index (χ1v) is 4.85. The molecule has 0 bridgehead atoms.